The van der Waals surface area contributed by atoms with Gasteiger partial charge in [0.05, 0.1) is 12.2 Å². The van der Waals surface area contributed by atoms with Crippen LogP contribution in [-0.2, 0) is 9.53 Å². The molecule has 0 fully saturated rings. The monoisotopic (exact) mass is 410 g/mol. The summed E-state index contributed by atoms with van der Waals surface area (Å²) in [6.45, 7) is 9.46. The third-order valence-corrected chi connectivity index (χ3v) is 4.29. The van der Waals surface area contributed by atoms with E-state index in [9.17, 15) is 9.59 Å². The lowest BCUT2D eigenvalue weighted by Gasteiger charge is -2.19. The van der Waals surface area contributed by atoms with Crippen LogP contribution in [0.25, 0.3) is 6.08 Å². The summed E-state index contributed by atoms with van der Waals surface area (Å²) in [5.41, 5.74) is 1.37. The van der Waals surface area contributed by atoms with E-state index in [1.807, 2.05) is 31.2 Å². The highest BCUT2D eigenvalue weighted by molar-refractivity contribution is 6.15. The lowest BCUT2D eigenvalue weighted by molar-refractivity contribution is -0.157. The minimum Gasteiger partial charge on any atom is -0.494 e. The molecule has 158 valence electrons. The van der Waals surface area contributed by atoms with Gasteiger partial charge >= 0.3 is 5.97 Å². The maximum atomic E-state index is 12.7. The van der Waals surface area contributed by atoms with E-state index in [0.717, 1.165) is 11.3 Å². The number of ether oxygens (including phenoxy) is 4. The van der Waals surface area contributed by atoms with E-state index in [4.69, 9.17) is 18.9 Å². The van der Waals surface area contributed by atoms with Gasteiger partial charge in [0.25, 0.3) is 0 Å². The van der Waals surface area contributed by atoms with E-state index >= 15 is 0 Å². The molecule has 6 heteroatoms. The summed E-state index contributed by atoms with van der Waals surface area (Å²) in [5.74, 6) is 1.26. The molecule has 30 heavy (non-hydrogen) atoms. The molecule has 2 aromatic carbocycles. The van der Waals surface area contributed by atoms with Crippen molar-refractivity contribution >= 4 is 17.8 Å². The first-order chi connectivity index (χ1) is 14.2. The largest absolute Gasteiger partial charge is 0.494 e. The van der Waals surface area contributed by atoms with Crippen molar-refractivity contribution in [3.63, 3.8) is 0 Å². The van der Waals surface area contributed by atoms with Gasteiger partial charge in [-0.3, -0.25) is 4.79 Å². The average molecular weight is 410 g/mol. The molecule has 0 saturated heterocycles. The molecule has 0 saturated carbocycles. The third kappa shape index (κ3) is 5.00. The summed E-state index contributed by atoms with van der Waals surface area (Å²) in [7, 11) is 0. The molecule has 3 rings (SSSR count). The zero-order chi connectivity index (χ0) is 21.9. The maximum absolute atomic E-state index is 12.7. The number of benzene rings is 2. The molecule has 2 aromatic rings. The topological polar surface area (TPSA) is 71.1 Å². The number of carbonyl (C=O) groups excluding carboxylic acids is 2. The number of hydrogen-bond acceptors (Lipinski definition) is 6. The van der Waals surface area contributed by atoms with Gasteiger partial charge in [-0.05, 0) is 70.5 Å². The molecule has 0 radical (unpaired) electrons. The van der Waals surface area contributed by atoms with Crippen LogP contribution in [0.5, 0.6) is 17.2 Å². The first-order valence-electron chi connectivity index (χ1n) is 9.83. The van der Waals surface area contributed by atoms with Gasteiger partial charge in [-0.25, -0.2) is 4.79 Å². The fourth-order valence-electron chi connectivity index (χ4n) is 3.01. The minimum atomic E-state index is -0.580. The highest BCUT2D eigenvalue weighted by atomic mass is 16.6. The van der Waals surface area contributed by atoms with Crippen molar-refractivity contribution in [1.29, 1.82) is 0 Å². The van der Waals surface area contributed by atoms with Crippen molar-refractivity contribution in [2.45, 2.75) is 40.2 Å². The molecule has 0 N–H and O–H groups in total. The van der Waals surface area contributed by atoms with E-state index < -0.39 is 11.6 Å². The van der Waals surface area contributed by atoms with Gasteiger partial charge in [-0.1, -0.05) is 12.1 Å². The van der Waals surface area contributed by atoms with Crippen LogP contribution in [0.1, 0.15) is 49.2 Å². The Kier molecular flexibility index (Phi) is 6.15. The summed E-state index contributed by atoms with van der Waals surface area (Å²) in [6, 6.07) is 10.7. The predicted molar refractivity (Wildman–Crippen MR) is 113 cm³/mol. The molecule has 6 nitrogen and oxygen atoms in total. The standard InChI is InChI=1S/C24H26O6/c1-6-27-17-9-7-16(8-10-17)13-20-22(26)18-11-12-19(15(2)23(18)29-20)28-14-21(25)30-24(3,4)5/h7-13H,6,14H2,1-5H3/b20-13-. The Balaban J connectivity index is 1.74. The van der Waals surface area contributed by atoms with Crippen LogP contribution in [0.3, 0.4) is 0 Å². The number of fused-ring (bicyclic) bond motifs is 1. The van der Waals surface area contributed by atoms with E-state index in [-0.39, 0.29) is 18.1 Å². The Hall–Kier alpha value is -3.28. The Morgan fingerprint density at radius 3 is 2.40 bits per heavy atom. The number of Topliss-reactive ketones (excluding diaryl/α,β-unsaturated/α-hetero) is 1. The number of hydrogen-bond donors (Lipinski definition) is 0. The van der Waals surface area contributed by atoms with Crippen molar-refractivity contribution in [1.82, 2.24) is 0 Å². The zero-order valence-electron chi connectivity index (χ0n) is 17.9. The third-order valence-electron chi connectivity index (χ3n) is 4.29. The number of ketones is 1. The Morgan fingerprint density at radius 1 is 1.07 bits per heavy atom. The van der Waals surface area contributed by atoms with E-state index in [1.54, 1.807) is 45.9 Å². The molecule has 1 aliphatic rings. The number of allylic oxidation sites excluding steroid dienone is 1. The van der Waals surface area contributed by atoms with Gasteiger partial charge in [0.2, 0.25) is 5.78 Å². The van der Waals surface area contributed by atoms with Crippen molar-refractivity contribution in [3.8, 4) is 17.2 Å². The molecule has 0 aromatic heterocycles. The number of esters is 1. The fourth-order valence-corrected chi connectivity index (χ4v) is 3.01. The lowest BCUT2D eigenvalue weighted by atomic mass is 10.1. The number of carbonyl (C=O) groups is 2. The van der Waals surface area contributed by atoms with Gasteiger partial charge in [0.15, 0.2) is 12.4 Å². The normalized spacial score (nSPS) is 14.3. The van der Waals surface area contributed by atoms with E-state index in [0.29, 0.717) is 29.2 Å². The molecule has 1 heterocycles. The molecule has 0 atom stereocenters. The smallest absolute Gasteiger partial charge is 0.344 e. The van der Waals surface area contributed by atoms with Gasteiger partial charge in [-0.15, -0.1) is 0 Å². The molecular formula is C24H26O6. The van der Waals surface area contributed by atoms with Gasteiger partial charge < -0.3 is 18.9 Å². The summed E-state index contributed by atoms with van der Waals surface area (Å²) in [5, 5.41) is 0. The second-order valence-corrected chi connectivity index (χ2v) is 7.88. The van der Waals surface area contributed by atoms with Crippen LogP contribution in [0.2, 0.25) is 0 Å². The molecule has 0 amide bonds. The Morgan fingerprint density at radius 2 is 1.77 bits per heavy atom. The average Bonchev–Trinajstić information content (AvgIpc) is 2.98. The Labute approximate surface area is 176 Å². The quantitative estimate of drug-likeness (QED) is 0.506. The van der Waals surface area contributed by atoms with E-state index in [2.05, 4.69) is 0 Å². The molecular weight excluding hydrogens is 384 g/mol. The van der Waals surface area contributed by atoms with Gasteiger partial charge in [0, 0.05) is 5.56 Å². The summed E-state index contributed by atoms with van der Waals surface area (Å²) in [4.78, 5) is 24.6. The van der Waals surface area contributed by atoms with Crippen LogP contribution in [0.4, 0.5) is 0 Å². The molecule has 0 unspecified atom stereocenters. The van der Waals surface area contributed by atoms with Crippen LogP contribution in [0, 0.1) is 6.92 Å². The van der Waals surface area contributed by atoms with Gasteiger partial charge in [-0.2, -0.15) is 0 Å². The number of rotatable bonds is 6. The molecule has 0 bridgehead atoms. The van der Waals surface area contributed by atoms with Crippen LogP contribution < -0.4 is 14.2 Å². The lowest BCUT2D eigenvalue weighted by Crippen LogP contribution is -2.27. The van der Waals surface area contributed by atoms with Crippen molar-refractivity contribution in [2.75, 3.05) is 13.2 Å². The first kappa shape index (κ1) is 21.4. The Bertz CT molecular complexity index is 980. The molecule has 0 aliphatic carbocycles. The highest BCUT2D eigenvalue weighted by Gasteiger charge is 2.30. The first-order valence-corrected chi connectivity index (χ1v) is 9.83. The zero-order valence-corrected chi connectivity index (χ0v) is 17.9. The molecule has 0 spiro atoms. The van der Waals surface area contributed by atoms with Crippen molar-refractivity contribution in [3.05, 3.63) is 58.8 Å². The maximum Gasteiger partial charge on any atom is 0.344 e. The van der Waals surface area contributed by atoms with Crippen molar-refractivity contribution in [2.24, 2.45) is 0 Å². The second kappa shape index (κ2) is 8.61. The van der Waals surface area contributed by atoms with Gasteiger partial charge in [0.1, 0.15) is 22.8 Å². The van der Waals surface area contributed by atoms with Crippen molar-refractivity contribution < 1.29 is 28.5 Å². The molecule has 1 aliphatic heterocycles. The predicted octanol–water partition coefficient (Wildman–Crippen LogP) is 4.73. The summed E-state index contributed by atoms with van der Waals surface area (Å²) >= 11 is 0. The SMILES string of the molecule is CCOc1ccc(/C=C2\Oc3c(ccc(OCC(=O)OC(C)(C)C)c3C)C2=O)cc1. The second-order valence-electron chi connectivity index (χ2n) is 7.88. The van der Waals surface area contributed by atoms with Crippen LogP contribution in [-0.4, -0.2) is 30.6 Å². The fraction of sp³-hybridized carbons (Fsp3) is 0.333. The minimum absolute atomic E-state index is 0.194. The van der Waals surface area contributed by atoms with Crippen LogP contribution >= 0.6 is 0 Å². The van der Waals surface area contributed by atoms with E-state index in [1.165, 1.54) is 0 Å². The van der Waals surface area contributed by atoms with Crippen LogP contribution in [0.15, 0.2) is 42.2 Å². The highest BCUT2D eigenvalue weighted by Crippen LogP contribution is 2.39. The summed E-state index contributed by atoms with van der Waals surface area (Å²) < 4.78 is 22.1. The summed E-state index contributed by atoms with van der Waals surface area (Å²) in [6.07, 6.45) is 1.69.